The smallest absolute Gasteiger partial charge is 0.217 e. The van der Waals surface area contributed by atoms with Gasteiger partial charge in [0.15, 0.2) is 0 Å². The largest absolute Gasteiger partial charge is 0.396 e. The zero-order valence-electron chi connectivity index (χ0n) is 6.55. The third kappa shape index (κ3) is 5.56. The van der Waals surface area contributed by atoms with Gasteiger partial charge in [0.2, 0.25) is 5.91 Å². The van der Waals surface area contributed by atoms with Gasteiger partial charge in [0.05, 0.1) is 0 Å². The van der Waals surface area contributed by atoms with E-state index in [1.165, 1.54) is 6.92 Å². The number of aliphatic hydroxyl groups is 1. The summed E-state index contributed by atoms with van der Waals surface area (Å²) >= 11 is 0. The first-order chi connectivity index (χ1) is 4.66. The van der Waals surface area contributed by atoms with Crippen LogP contribution in [0.3, 0.4) is 0 Å². The van der Waals surface area contributed by atoms with Gasteiger partial charge in [-0.05, 0) is 19.8 Å². The Hall–Kier alpha value is -0.570. The molecule has 0 aromatic heterocycles. The van der Waals surface area contributed by atoms with Crippen LogP contribution in [0.1, 0.15) is 26.7 Å². The van der Waals surface area contributed by atoms with Crippen molar-refractivity contribution >= 4 is 5.91 Å². The zero-order valence-corrected chi connectivity index (χ0v) is 6.55. The molecular weight excluding hydrogens is 130 g/mol. The second-order valence-electron chi connectivity index (χ2n) is 2.47. The molecule has 0 spiro atoms. The Balaban J connectivity index is 3.25. The lowest BCUT2D eigenvalue weighted by molar-refractivity contribution is -0.119. The highest BCUT2D eigenvalue weighted by molar-refractivity contribution is 5.73. The van der Waals surface area contributed by atoms with Crippen molar-refractivity contribution in [3.63, 3.8) is 0 Å². The summed E-state index contributed by atoms with van der Waals surface area (Å²) in [6.45, 7) is 3.62. The number of hydrogen-bond donors (Lipinski definition) is 2. The fourth-order valence-electron chi connectivity index (χ4n) is 0.817. The molecule has 0 aromatic rings. The van der Waals surface area contributed by atoms with E-state index in [0.29, 0.717) is 0 Å². The van der Waals surface area contributed by atoms with Gasteiger partial charge in [0.25, 0.3) is 0 Å². The topological polar surface area (TPSA) is 49.3 Å². The summed E-state index contributed by atoms with van der Waals surface area (Å²) in [6.07, 6.45) is 1.59. The number of amides is 1. The van der Waals surface area contributed by atoms with Crippen molar-refractivity contribution in [2.75, 3.05) is 6.61 Å². The van der Waals surface area contributed by atoms with Gasteiger partial charge < -0.3 is 10.4 Å². The van der Waals surface area contributed by atoms with Crippen LogP contribution in [0.5, 0.6) is 0 Å². The average Bonchev–Trinajstić information content (AvgIpc) is 1.82. The molecule has 0 aliphatic rings. The highest BCUT2D eigenvalue weighted by atomic mass is 16.2. The average molecular weight is 145 g/mol. The van der Waals surface area contributed by atoms with E-state index in [1.54, 1.807) is 0 Å². The van der Waals surface area contributed by atoms with Gasteiger partial charge in [0.1, 0.15) is 0 Å². The lowest BCUT2D eigenvalue weighted by Gasteiger charge is -2.10. The van der Waals surface area contributed by atoms with Crippen molar-refractivity contribution in [3.8, 4) is 0 Å². The first kappa shape index (κ1) is 9.43. The van der Waals surface area contributed by atoms with E-state index in [9.17, 15) is 4.79 Å². The molecule has 0 aromatic carbocycles. The fraction of sp³-hybridized carbons (Fsp3) is 0.857. The van der Waals surface area contributed by atoms with Gasteiger partial charge in [-0.1, -0.05) is 0 Å². The van der Waals surface area contributed by atoms with Crippen LogP contribution in [0.25, 0.3) is 0 Å². The maximum atomic E-state index is 10.4. The molecule has 3 nitrogen and oxygen atoms in total. The molecule has 0 radical (unpaired) electrons. The van der Waals surface area contributed by atoms with Crippen LogP contribution in [0.4, 0.5) is 0 Å². The molecule has 2 N–H and O–H groups in total. The molecule has 60 valence electrons. The molecule has 0 saturated carbocycles. The van der Waals surface area contributed by atoms with Gasteiger partial charge in [-0.2, -0.15) is 0 Å². The normalized spacial score (nSPS) is 12.7. The van der Waals surface area contributed by atoms with E-state index in [-0.39, 0.29) is 18.6 Å². The molecule has 0 unspecified atom stereocenters. The molecule has 1 atom stereocenters. The Morgan fingerprint density at radius 3 is 2.70 bits per heavy atom. The van der Waals surface area contributed by atoms with E-state index in [1.807, 2.05) is 6.92 Å². The Morgan fingerprint density at radius 1 is 1.70 bits per heavy atom. The van der Waals surface area contributed by atoms with Crippen molar-refractivity contribution in [3.05, 3.63) is 0 Å². The summed E-state index contributed by atoms with van der Waals surface area (Å²) in [4.78, 5) is 10.4. The molecule has 0 heterocycles. The van der Waals surface area contributed by atoms with Crippen LogP contribution in [-0.4, -0.2) is 23.7 Å². The monoisotopic (exact) mass is 145 g/mol. The second-order valence-corrected chi connectivity index (χ2v) is 2.47. The van der Waals surface area contributed by atoms with Crippen molar-refractivity contribution in [2.45, 2.75) is 32.7 Å². The Kier molecular flexibility index (Phi) is 4.94. The summed E-state index contributed by atoms with van der Waals surface area (Å²) in [5.41, 5.74) is 0. The Morgan fingerprint density at radius 2 is 2.30 bits per heavy atom. The minimum atomic E-state index is -0.00885. The maximum Gasteiger partial charge on any atom is 0.217 e. The lowest BCUT2D eigenvalue weighted by atomic mass is 10.2. The summed E-state index contributed by atoms with van der Waals surface area (Å²) < 4.78 is 0. The van der Waals surface area contributed by atoms with Crippen molar-refractivity contribution in [1.82, 2.24) is 5.32 Å². The Labute approximate surface area is 61.4 Å². The highest BCUT2D eigenvalue weighted by Crippen LogP contribution is 1.93. The molecule has 0 aliphatic heterocycles. The van der Waals surface area contributed by atoms with E-state index in [2.05, 4.69) is 5.32 Å². The third-order valence-corrected chi connectivity index (χ3v) is 1.24. The van der Waals surface area contributed by atoms with E-state index in [4.69, 9.17) is 5.11 Å². The predicted octanol–water partition coefficient (Wildman–Crippen LogP) is 0.283. The predicted molar refractivity (Wildman–Crippen MR) is 39.6 cm³/mol. The van der Waals surface area contributed by atoms with Crippen molar-refractivity contribution < 1.29 is 9.90 Å². The van der Waals surface area contributed by atoms with E-state index < -0.39 is 0 Å². The Bertz CT molecular complexity index is 104. The van der Waals surface area contributed by atoms with Gasteiger partial charge in [-0.25, -0.2) is 0 Å². The number of nitrogens with one attached hydrogen (secondary N) is 1. The zero-order chi connectivity index (χ0) is 7.98. The van der Waals surface area contributed by atoms with E-state index >= 15 is 0 Å². The number of hydrogen-bond acceptors (Lipinski definition) is 2. The minimum absolute atomic E-state index is 0.00885. The molecule has 0 bridgehead atoms. The fourth-order valence-corrected chi connectivity index (χ4v) is 0.817. The maximum absolute atomic E-state index is 10.4. The minimum Gasteiger partial charge on any atom is -0.396 e. The molecule has 0 rings (SSSR count). The number of rotatable bonds is 4. The van der Waals surface area contributed by atoms with Gasteiger partial charge >= 0.3 is 0 Å². The first-order valence-electron chi connectivity index (χ1n) is 3.54. The van der Waals surface area contributed by atoms with Crippen molar-refractivity contribution in [2.24, 2.45) is 0 Å². The van der Waals surface area contributed by atoms with Crippen LogP contribution in [0, 0.1) is 0 Å². The molecule has 0 aliphatic carbocycles. The SMILES string of the molecule is CC(=O)N[C@@H](C)CCCO. The van der Waals surface area contributed by atoms with Gasteiger partial charge in [-0.3, -0.25) is 4.79 Å². The number of aliphatic hydroxyl groups excluding tert-OH is 1. The second kappa shape index (κ2) is 5.23. The quantitative estimate of drug-likeness (QED) is 0.597. The van der Waals surface area contributed by atoms with Crippen LogP contribution < -0.4 is 5.32 Å². The summed E-state index contributed by atoms with van der Waals surface area (Å²) in [5, 5.41) is 11.2. The van der Waals surface area contributed by atoms with Crippen LogP contribution in [0.15, 0.2) is 0 Å². The summed E-state index contributed by atoms with van der Waals surface area (Å²) in [7, 11) is 0. The summed E-state index contributed by atoms with van der Waals surface area (Å²) in [6, 6.07) is 0.185. The molecule has 3 heteroatoms. The van der Waals surface area contributed by atoms with Crippen LogP contribution in [-0.2, 0) is 4.79 Å². The molecule has 10 heavy (non-hydrogen) atoms. The molecular formula is C7H15NO2. The first-order valence-corrected chi connectivity index (χ1v) is 3.54. The number of carbonyl (C=O) groups excluding carboxylic acids is 1. The molecule has 0 saturated heterocycles. The van der Waals surface area contributed by atoms with Gasteiger partial charge in [-0.15, -0.1) is 0 Å². The molecule has 0 fully saturated rings. The van der Waals surface area contributed by atoms with Crippen LogP contribution >= 0.6 is 0 Å². The number of carbonyl (C=O) groups is 1. The van der Waals surface area contributed by atoms with Crippen LogP contribution in [0.2, 0.25) is 0 Å². The van der Waals surface area contributed by atoms with E-state index in [0.717, 1.165) is 12.8 Å². The third-order valence-electron chi connectivity index (χ3n) is 1.24. The standard InChI is InChI=1S/C7H15NO2/c1-6(4-3-5-9)8-7(2)10/h6,9H,3-5H2,1-2H3,(H,8,10)/t6-/m0/s1. The summed E-state index contributed by atoms with van der Waals surface area (Å²) in [5.74, 6) is -0.00885. The highest BCUT2D eigenvalue weighted by Gasteiger charge is 2.00. The van der Waals surface area contributed by atoms with Crippen molar-refractivity contribution in [1.29, 1.82) is 0 Å². The van der Waals surface area contributed by atoms with Gasteiger partial charge in [0, 0.05) is 19.6 Å². The molecule has 1 amide bonds. The lowest BCUT2D eigenvalue weighted by Crippen LogP contribution is -2.30.